The zero-order chi connectivity index (χ0) is 9.40. The van der Waals surface area contributed by atoms with Crippen LogP contribution in [-0.4, -0.2) is 31.6 Å². The third kappa shape index (κ3) is 6.62. The fourth-order valence-corrected chi connectivity index (χ4v) is 1.56. The zero-order valence-corrected chi connectivity index (χ0v) is 8.84. The molecule has 0 fully saturated rings. The Morgan fingerprint density at radius 3 is 2.58 bits per heavy atom. The Hall–Kier alpha value is -0.0800. The molecule has 2 heteroatoms. The van der Waals surface area contributed by atoms with Crippen LogP contribution in [0.2, 0.25) is 0 Å². The van der Waals surface area contributed by atoms with Gasteiger partial charge in [0.15, 0.2) is 0 Å². The smallest absolute Gasteiger partial charge is 0.000397 e. The maximum absolute atomic E-state index is 5.45. The molecule has 0 radical (unpaired) electrons. The summed E-state index contributed by atoms with van der Waals surface area (Å²) in [5.41, 5.74) is 5.45. The van der Waals surface area contributed by atoms with E-state index in [1.807, 2.05) is 0 Å². The molecule has 0 saturated carbocycles. The van der Waals surface area contributed by atoms with Gasteiger partial charge in [-0.3, -0.25) is 0 Å². The van der Waals surface area contributed by atoms with Crippen LogP contribution in [0.3, 0.4) is 0 Å². The minimum absolute atomic E-state index is 0.796. The van der Waals surface area contributed by atoms with Gasteiger partial charge in [-0.05, 0) is 45.3 Å². The summed E-state index contributed by atoms with van der Waals surface area (Å²) in [6, 6.07) is 0. The standard InChI is InChI=1S/C10H24N2/c1-4-8-12(3)9-10(2)6-5-7-11/h10H,4-9,11H2,1-3H3. The summed E-state index contributed by atoms with van der Waals surface area (Å²) in [5, 5.41) is 0. The van der Waals surface area contributed by atoms with Crippen molar-refractivity contribution in [1.29, 1.82) is 0 Å². The van der Waals surface area contributed by atoms with Crippen LogP contribution in [0.25, 0.3) is 0 Å². The number of nitrogens with two attached hydrogens (primary N) is 1. The quantitative estimate of drug-likeness (QED) is 0.633. The van der Waals surface area contributed by atoms with Gasteiger partial charge < -0.3 is 10.6 Å². The van der Waals surface area contributed by atoms with Crippen LogP contribution < -0.4 is 5.73 Å². The molecule has 0 aliphatic rings. The summed E-state index contributed by atoms with van der Waals surface area (Å²) < 4.78 is 0. The third-order valence-electron chi connectivity index (χ3n) is 2.13. The highest BCUT2D eigenvalue weighted by Crippen LogP contribution is 2.06. The van der Waals surface area contributed by atoms with Crippen molar-refractivity contribution < 1.29 is 0 Å². The predicted octanol–water partition coefficient (Wildman–Crippen LogP) is 1.70. The molecule has 0 saturated heterocycles. The van der Waals surface area contributed by atoms with Crippen molar-refractivity contribution in [2.45, 2.75) is 33.1 Å². The van der Waals surface area contributed by atoms with E-state index >= 15 is 0 Å². The summed E-state index contributed by atoms with van der Waals surface area (Å²) in [5.74, 6) is 0.796. The Bertz CT molecular complexity index is 93.8. The Kier molecular flexibility index (Phi) is 7.51. The van der Waals surface area contributed by atoms with Crippen LogP contribution in [-0.2, 0) is 0 Å². The van der Waals surface area contributed by atoms with Crippen molar-refractivity contribution in [3.63, 3.8) is 0 Å². The second kappa shape index (κ2) is 7.56. The minimum atomic E-state index is 0.796. The molecule has 0 bridgehead atoms. The first kappa shape index (κ1) is 11.9. The molecule has 74 valence electrons. The molecule has 12 heavy (non-hydrogen) atoms. The van der Waals surface area contributed by atoms with Gasteiger partial charge in [-0.15, -0.1) is 0 Å². The third-order valence-corrected chi connectivity index (χ3v) is 2.13. The molecule has 1 unspecified atom stereocenters. The highest BCUT2D eigenvalue weighted by Gasteiger charge is 2.04. The van der Waals surface area contributed by atoms with Crippen molar-refractivity contribution in [3.05, 3.63) is 0 Å². The second-order valence-electron chi connectivity index (χ2n) is 3.80. The van der Waals surface area contributed by atoms with E-state index in [4.69, 9.17) is 5.73 Å². The maximum atomic E-state index is 5.45. The fraction of sp³-hybridized carbons (Fsp3) is 1.00. The van der Waals surface area contributed by atoms with E-state index in [2.05, 4.69) is 25.8 Å². The van der Waals surface area contributed by atoms with Crippen LogP contribution in [0.1, 0.15) is 33.1 Å². The van der Waals surface area contributed by atoms with Crippen molar-refractivity contribution in [2.24, 2.45) is 11.7 Å². The first-order chi connectivity index (χ1) is 5.70. The Labute approximate surface area is 77.1 Å². The van der Waals surface area contributed by atoms with E-state index in [0.29, 0.717) is 0 Å². The van der Waals surface area contributed by atoms with Crippen LogP contribution in [0.15, 0.2) is 0 Å². The van der Waals surface area contributed by atoms with E-state index in [-0.39, 0.29) is 0 Å². The molecule has 0 amide bonds. The van der Waals surface area contributed by atoms with E-state index in [1.54, 1.807) is 0 Å². The molecule has 2 N–H and O–H groups in total. The van der Waals surface area contributed by atoms with Crippen LogP contribution in [0.5, 0.6) is 0 Å². The van der Waals surface area contributed by atoms with Crippen molar-refractivity contribution in [1.82, 2.24) is 4.90 Å². The van der Waals surface area contributed by atoms with Crippen molar-refractivity contribution in [3.8, 4) is 0 Å². The van der Waals surface area contributed by atoms with Gasteiger partial charge in [0.25, 0.3) is 0 Å². The van der Waals surface area contributed by atoms with Gasteiger partial charge in [-0.25, -0.2) is 0 Å². The lowest BCUT2D eigenvalue weighted by molar-refractivity contribution is 0.277. The van der Waals surface area contributed by atoms with Gasteiger partial charge in [0.2, 0.25) is 0 Å². The average Bonchev–Trinajstić information content (AvgIpc) is 2.01. The molecular weight excluding hydrogens is 148 g/mol. The monoisotopic (exact) mass is 172 g/mol. The molecule has 0 rings (SSSR count). The van der Waals surface area contributed by atoms with E-state index in [1.165, 1.54) is 32.4 Å². The van der Waals surface area contributed by atoms with Crippen molar-refractivity contribution in [2.75, 3.05) is 26.7 Å². The highest BCUT2D eigenvalue weighted by atomic mass is 15.1. The predicted molar refractivity (Wildman–Crippen MR) is 55.2 cm³/mol. The van der Waals surface area contributed by atoms with Gasteiger partial charge in [-0.2, -0.15) is 0 Å². The van der Waals surface area contributed by atoms with E-state index in [0.717, 1.165) is 12.5 Å². The molecule has 0 aromatic heterocycles. The fourth-order valence-electron chi connectivity index (χ4n) is 1.56. The number of hydrogen-bond donors (Lipinski definition) is 1. The summed E-state index contributed by atoms with van der Waals surface area (Å²) in [4.78, 5) is 2.40. The summed E-state index contributed by atoms with van der Waals surface area (Å²) in [6.45, 7) is 7.80. The van der Waals surface area contributed by atoms with Crippen LogP contribution in [0.4, 0.5) is 0 Å². The number of rotatable bonds is 7. The molecule has 0 aromatic carbocycles. The lowest BCUT2D eigenvalue weighted by Gasteiger charge is -2.20. The number of nitrogens with zero attached hydrogens (tertiary/aromatic N) is 1. The SMILES string of the molecule is CCCN(C)CC(C)CCCN. The van der Waals surface area contributed by atoms with Gasteiger partial charge in [0.05, 0.1) is 0 Å². The largest absolute Gasteiger partial charge is 0.330 e. The molecular formula is C10H24N2. The van der Waals surface area contributed by atoms with Gasteiger partial charge in [0.1, 0.15) is 0 Å². The number of hydrogen-bond acceptors (Lipinski definition) is 2. The normalized spacial score (nSPS) is 13.8. The molecule has 0 spiro atoms. The topological polar surface area (TPSA) is 29.3 Å². The first-order valence-corrected chi connectivity index (χ1v) is 5.09. The van der Waals surface area contributed by atoms with E-state index in [9.17, 15) is 0 Å². The lowest BCUT2D eigenvalue weighted by Crippen LogP contribution is -2.25. The molecule has 0 aromatic rings. The van der Waals surface area contributed by atoms with Crippen LogP contribution >= 0.6 is 0 Å². The average molecular weight is 172 g/mol. The molecule has 0 aliphatic heterocycles. The van der Waals surface area contributed by atoms with Crippen molar-refractivity contribution >= 4 is 0 Å². The molecule has 2 nitrogen and oxygen atoms in total. The van der Waals surface area contributed by atoms with E-state index < -0.39 is 0 Å². The van der Waals surface area contributed by atoms with Gasteiger partial charge >= 0.3 is 0 Å². The summed E-state index contributed by atoms with van der Waals surface area (Å²) in [7, 11) is 2.20. The van der Waals surface area contributed by atoms with Gasteiger partial charge in [-0.1, -0.05) is 13.8 Å². The first-order valence-electron chi connectivity index (χ1n) is 5.09. The molecule has 1 atom stereocenters. The highest BCUT2D eigenvalue weighted by molar-refractivity contribution is 4.59. The van der Waals surface area contributed by atoms with Gasteiger partial charge in [0, 0.05) is 6.54 Å². The Morgan fingerprint density at radius 2 is 2.08 bits per heavy atom. The Balaban J connectivity index is 3.33. The zero-order valence-electron chi connectivity index (χ0n) is 8.84. The summed E-state index contributed by atoms with van der Waals surface area (Å²) in [6.07, 6.45) is 3.69. The Morgan fingerprint density at radius 1 is 1.42 bits per heavy atom. The second-order valence-corrected chi connectivity index (χ2v) is 3.80. The lowest BCUT2D eigenvalue weighted by atomic mass is 10.1. The maximum Gasteiger partial charge on any atom is 0.000397 e. The molecule has 0 heterocycles. The molecule has 0 aliphatic carbocycles. The minimum Gasteiger partial charge on any atom is -0.330 e. The summed E-state index contributed by atoms with van der Waals surface area (Å²) >= 11 is 0. The van der Waals surface area contributed by atoms with Crippen LogP contribution in [0, 0.1) is 5.92 Å².